The molecule has 34 heavy (non-hydrogen) atoms. The molecule has 4 heterocycles. The third-order valence-corrected chi connectivity index (χ3v) is 6.15. The molecule has 0 saturated carbocycles. The van der Waals surface area contributed by atoms with Gasteiger partial charge in [0, 0.05) is 48.2 Å². The molecule has 0 bridgehead atoms. The smallest absolute Gasteiger partial charge is 0.422 e. The number of amides is 3. The number of halogens is 3. The Hall–Kier alpha value is -3.37. The van der Waals surface area contributed by atoms with Crippen molar-refractivity contribution >= 4 is 17.8 Å². The maximum atomic E-state index is 13.2. The SMILES string of the molecule is Cc1cc(C(C)N2Cc3c(ccnc3N3CCN(C(C)C)C3=O)C2=O)cnc1OCC(F)(F)F. The Balaban J connectivity index is 1.55. The lowest BCUT2D eigenvalue weighted by atomic mass is 10.1. The van der Waals surface area contributed by atoms with Gasteiger partial charge in [-0.05, 0) is 45.4 Å². The highest BCUT2D eigenvalue weighted by molar-refractivity contribution is 6.02. The van der Waals surface area contributed by atoms with E-state index in [1.165, 1.54) is 12.4 Å². The van der Waals surface area contributed by atoms with E-state index in [1.54, 1.807) is 33.8 Å². The van der Waals surface area contributed by atoms with Crippen molar-refractivity contribution in [1.29, 1.82) is 0 Å². The van der Waals surface area contributed by atoms with Crippen LogP contribution >= 0.6 is 0 Å². The Labute approximate surface area is 195 Å². The number of carbonyl (C=O) groups excluding carboxylic acids is 2. The Morgan fingerprint density at radius 1 is 1.12 bits per heavy atom. The van der Waals surface area contributed by atoms with E-state index in [2.05, 4.69) is 9.97 Å². The number of aromatic nitrogens is 2. The van der Waals surface area contributed by atoms with Crippen LogP contribution in [0.3, 0.4) is 0 Å². The van der Waals surface area contributed by atoms with Crippen LogP contribution in [0.2, 0.25) is 0 Å². The number of urea groups is 1. The predicted molar refractivity (Wildman–Crippen MR) is 118 cm³/mol. The standard InChI is InChI=1S/C23H26F3N5O3/c1-13(2)29-7-8-30(22(29)33)19-18-11-31(21(32)17(18)5-6-27-19)15(4)16-9-14(3)20(28-10-16)34-12-23(24,25)26/h5-6,9-10,13,15H,7-8,11-12H2,1-4H3. The van der Waals surface area contributed by atoms with Crippen LogP contribution in [0, 0.1) is 6.92 Å². The van der Waals surface area contributed by atoms with E-state index in [0.29, 0.717) is 41.2 Å². The third-order valence-electron chi connectivity index (χ3n) is 6.15. The summed E-state index contributed by atoms with van der Waals surface area (Å²) in [7, 11) is 0. The number of hydrogen-bond donors (Lipinski definition) is 0. The van der Waals surface area contributed by atoms with Crippen LogP contribution in [-0.2, 0) is 6.54 Å². The van der Waals surface area contributed by atoms with Gasteiger partial charge in [-0.2, -0.15) is 13.2 Å². The summed E-state index contributed by atoms with van der Waals surface area (Å²) in [5.74, 6) is 0.186. The number of ether oxygens (including phenoxy) is 1. The number of anilines is 1. The number of carbonyl (C=O) groups is 2. The van der Waals surface area contributed by atoms with Crippen molar-refractivity contribution in [2.24, 2.45) is 0 Å². The Kier molecular flexibility index (Phi) is 6.13. The average molecular weight is 477 g/mol. The van der Waals surface area contributed by atoms with Crippen LogP contribution in [0.1, 0.15) is 53.9 Å². The van der Waals surface area contributed by atoms with Gasteiger partial charge in [-0.1, -0.05) is 0 Å². The van der Waals surface area contributed by atoms with Crippen LogP contribution in [0.25, 0.3) is 0 Å². The molecule has 0 spiro atoms. The molecule has 8 nitrogen and oxygen atoms in total. The molecule has 0 radical (unpaired) electrons. The highest BCUT2D eigenvalue weighted by Crippen LogP contribution is 2.36. The number of rotatable bonds is 6. The minimum atomic E-state index is -4.46. The van der Waals surface area contributed by atoms with Gasteiger partial charge in [-0.25, -0.2) is 14.8 Å². The van der Waals surface area contributed by atoms with E-state index in [9.17, 15) is 22.8 Å². The molecule has 2 aromatic heterocycles. The first-order valence-electron chi connectivity index (χ1n) is 11.0. The Morgan fingerprint density at radius 2 is 1.85 bits per heavy atom. The van der Waals surface area contributed by atoms with Gasteiger partial charge in [0.15, 0.2) is 6.61 Å². The van der Waals surface area contributed by atoms with Crippen molar-refractivity contribution in [2.45, 2.75) is 52.5 Å². The van der Waals surface area contributed by atoms with Gasteiger partial charge in [0.2, 0.25) is 5.88 Å². The van der Waals surface area contributed by atoms with Crippen molar-refractivity contribution in [3.63, 3.8) is 0 Å². The van der Waals surface area contributed by atoms with E-state index in [4.69, 9.17) is 4.74 Å². The van der Waals surface area contributed by atoms with Crippen molar-refractivity contribution in [3.8, 4) is 5.88 Å². The first-order chi connectivity index (χ1) is 16.0. The molecule has 4 rings (SSSR count). The highest BCUT2D eigenvalue weighted by Gasteiger charge is 2.39. The molecule has 182 valence electrons. The van der Waals surface area contributed by atoms with Crippen LogP contribution in [0.15, 0.2) is 24.5 Å². The van der Waals surface area contributed by atoms with Gasteiger partial charge in [-0.15, -0.1) is 0 Å². The molecule has 11 heteroatoms. The summed E-state index contributed by atoms with van der Waals surface area (Å²) in [6, 6.07) is 2.84. The molecule has 0 N–H and O–H groups in total. The van der Waals surface area contributed by atoms with E-state index in [1.807, 2.05) is 20.8 Å². The molecular formula is C23H26F3N5O3. The van der Waals surface area contributed by atoms with E-state index < -0.39 is 18.8 Å². The van der Waals surface area contributed by atoms with Gasteiger partial charge in [0.05, 0.1) is 12.6 Å². The summed E-state index contributed by atoms with van der Waals surface area (Å²) < 4.78 is 42.1. The molecule has 1 saturated heterocycles. The number of pyridine rings is 2. The Morgan fingerprint density at radius 3 is 2.47 bits per heavy atom. The van der Waals surface area contributed by atoms with Crippen LogP contribution in [-0.4, -0.2) is 63.6 Å². The van der Waals surface area contributed by atoms with Crippen LogP contribution in [0.4, 0.5) is 23.8 Å². The minimum Gasteiger partial charge on any atom is -0.468 e. The largest absolute Gasteiger partial charge is 0.468 e. The van der Waals surface area contributed by atoms with Crippen molar-refractivity contribution in [2.75, 3.05) is 24.6 Å². The maximum absolute atomic E-state index is 13.2. The second-order valence-electron chi connectivity index (χ2n) is 8.79. The molecule has 0 aliphatic carbocycles. The normalized spacial score (nSPS) is 17.1. The van der Waals surface area contributed by atoms with Gasteiger partial charge >= 0.3 is 12.2 Å². The van der Waals surface area contributed by atoms with Crippen molar-refractivity contribution in [3.05, 3.63) is 46.8 Å². The zero-order chi connectivity index (χ0) is 24.8. The predicted octanol–water partition coefficient (Wildman–Crippen LogP) is 4.09. The van der Waals surface area contributed by atoms with Crippen molar-refractivity contribution < 1.29 is 27.5 Å². The molecule has 1 atom stereocenters. The lowest BCUT2D eigenvalue weighted by molar-refractivity contribution is -0.154. The van der Waals surface area contributed by atoms with Crippen LogP contribution in [0.5, 0.6) is 5.88 Å². The number of aryl methyl sites for hydroxylation is 1. The average Bonchev–Trinajstić information content (AvgIpc) is 3.32. The fourth-order valence-corrected chi connectivity index (χ4v) is 4.30. The second-order valence-corrected chi connectivity index (χ2v) is 8.79. The summed E-state index contributed by atoms with van der Waals surface area (Å²) >= 11 is 0. The topological polar surface area (TPSA) is 78.9 Å². The fourth-order valence-electron chi connectivity index (χ4n) is 4.30. The summed E-state index contributed by atoms with van der Waals surface area (Å²) in [6.07, 6.45) is -1.50. The lowest BCUT2D eigenvalue weighted by Gasteiger charge is -2.25. The van der Waals surface area contributed by atoms with E-state index >= 15 is 0 Å². The van der Waals surface area contributed by atoms with Gasteiger partial charge < -0.3 is 14.5 Å². The summed E-state index contributed by atoms with van der Waals surface area (Å²) in [5.41, 5.74) is 2.28. The molecular weight excluding hydrogens is 451 g/mol. The number of hydrogen-bond acceptors (Lipinski definition) is 5. The maximum Gasteiger partial charge on any atom is 0.422 e. The third kappa shape index (κ3) is 4.38. The van der Waals surface area contributed by atoms with Gasteiger partial charge in [0.25, 0.3) is 5.91 Å². The molecule has 2 aromatic rings. The highest BCUT2D eigenvalue weighted by atomic mass is 19.4. The fraction of sp³-hybridized carbons (Fsp3) is 0.478. The molecule has 2 aliphatic rings. The minimum absolute atomic E-state index is 0.0613. The van der Waals surface area contributed by atoms with E-state index in [0.717, 1.165) is 0 Å². The lowest BCUT2D eigenvalue weighted by Crippen LogP contribution is -2.36. The zero-order valence-electron chi connectivity index (χ0n) is 19.4. The van der Waals surface area contributed by atoms with Crippen LogP contribution < -0.4 is 9.64 Å². The first kappa shape index (κ1) is 23.8. The molecule has 1 unspecified atom stereocenters. The molecule has 2 aliphatic heterocycles. The molecule has 0 aromatic carbocycles. The van der Waals surface area contributed by atoms with Crippen molar-refractivity contribution in [1.82, 2.24) is 19.8 Å². The Bertz CT molecular complexity index is 1120. The molecule has 3 amide bonds. The quantitative estimate of drug-likeness (QED) is 0.626. The van der Waals surface area contributed by atoms with E-state index in [-0.39, 0.29) is 30.4 Å². The second kappa shape index (κ2) is 8.77. The molecule has 1 fully saturated rings. The number of alkyl halides is 3. The first-order valence-corrected chi connectivity index (χ1v) is 11.0. The number of nitrogens with zero attached hydrogens (tertiary/aromatic N) is 5. The van der Waals surface area contributed by atoms with Gasteiger partial charge in [-0.3, -0.25) is 9.69 Å². The number of fused-ring (bicyclic) bond motifs is 1. The zero-order valence-corrected chi connectivity index (χ0v) is 19.4. The van der Waals surface area contributed by atoms with Gasteiger partial charge in [0.1, 0.15) is 5.82 Å². The monoisotopic (exact) mass is 477 g/mol. The summed E-state index contributed by atoms with van der Waals surface area (Å²) in [6.45, 7) is 7.25. The summed E-state index contributed by atoms with van der Waals surface area (Å²) in [5, 5.41) is 0. The summed E-state index contributed by atoms with van der Waals surface area (Å²) in [4.78, 5) is 39.6.